The zero-order valence-corrected chi connectivity index (χ0v) is 12.1. The van der Waals surface area contributed by atoms with Crippen molar-refractivity contribution in [3.8, 4) is 0 Å². The van der Waals surface area contributed by atoms with Crippen LogP contribution in [0.15, 0.2) is 17.5 Å². The van der Waals surface area contributed by atoms with Gasteiger partial charge in [-0.15, -0.1) is 22.7 Å². The number of hydrogen-bond acceptors (Lipinski definition) is 6. The van der Waals surface area contributed by atoms with Gasteiger partial charge in [0.15, 0.2) is 5.69 Å². The summed E-state index contributed by atoms with van der Waals surface area (Å²) in [6, 6.07) is 2.83. The summed E-state index contributed by atoms with van der Waals surface area (Å²) < 4.78 is 32.8. The van der Waals surface area contributed by atoms with Crippen molar-refractivity contribution in [2.75, 3.05) is 4.31 Å². The third kappa shape index (κ3) is 3.04. The van der Waals surface area contributed by atoms with E-state index in [9.17, 15) is 17.8 Å². The topological polar surface area (TPSA) is 108 Å². The van der Waals surface area contributed by atoms with Crippen molar-refractivity contribution in [2.24, 2.45) is 0 Å². The molecule has 0 unspecified atom stereocenters. The second-order valence-corrected chi connectivity index (χ2v) is 6.93. The predicted octanol–water partition coefficient (Wildman–Crippen LogP) is 2.50. The van der Waals surface area contributed by atoms with Gasteiger partial charge in [0.25, 0.3) is 0 Å². The summed E-state index contributed by atoms with van der Waals surface area (Å²) in [5, 5.41) is 9.85. The summed E-state index contributed by atoms with van der Waals surface area (Å²) in [7, 11) is -4.63. The lowest BCUT2D eigenvalue weighted by Crippen LogP contribution is -2.24. The van der Waals surface area contributed by atoms with Crippen LogP contribution in [0.5, 0.6) is 0 Å². The van der Waals surface area contributed by atoms with Crippen LogP contribution < -0.4 is 4.31 Å². The standard InChI is InChI=1S/C8H5ClN2O5S3/c9-5-1-2-6(18-5)11(19(14,15)16)8-10-4(3-17-8)7(12)13/h1-3H,(H,12,13)(H,14,15,16). The van der Waals surface area contributed by atoms with Gasteiger partial charge in [-0.2, -0.15) is 12.7 Å². The molecule has 0 aliphatic rings. The van der Waals surface area contributed by atoms with Gasteiger partial charge in [-0.25, -0.2) is 9.78 Å². The lowest BCUT2D eigenvalue weighted by molar-refractivity contribution is 0.0691. The van der Waals surface area contributed by atoms with Gasteiger partial charge >= 0.3 is 16.3 Å². The minimum atomic E-state index is -4.63. The summed E-state index contributed by atoms with van der Waals surface area (Å²) in [6.07, 6.45) is 0. The number of halogens is 1. The van der Waals surface area contributed by atoms with E-state index in [1.807, 2.05) is 0 Å². The van der Waals surface area contributed by atoms with E-state index in [0.29, 0.717) is 8.64 Å². The number of anilines is 2. The van der Waals surface area contributed by atoms with E-state index in [0.717, 1.165) is 22.7 Å². The number of carbonyl (C=O) groups is 1. The van der Waals surface area contributed by atoms with Crippen LogP contribution in [0.1, 0.15) is 10.5 Å². The second kappa shape index (κ2) is 5.06. The number of carboxylic acids is 1. The Morgan fingerprint density at radius 3 is 2.53 bits per heavy atom. The number of nitrogens with zero attached hydrogens (tertiary/aromatic N) is 2. The van der Waals surface area contributed by atoms with Crippen LogP contribution in [-0.4, -0.2) is 29.0 Å². The smallest absolute Gasteiger partial charge is 0.366 e. The number of hydrogen-bond donors (Lipinski definition) is 2. The highest BCUT2D eigenvalue weighted by Gasteiger charge is 2.27. The fraction of sp³-hybridized carbons (Fsp3) is 0. The Hall–Kier alpha value is -1.20. The summed E-state index contributed by atoms with van der Waals surface area (Å²) in [5.74, 6) is -1.29. The van der Waals surface area contributed by atoms with Crippen LogP contribution in [0, 0.1) is 0 Å². The van der Waals surface area contributed by atoms with Crippen molar-refractivity contribution in [2.45, 2.75) is 0 Å². The van der Waals surface area contributed by atoms with Crippen molar-refractivity contribution >= 4 is 60.7 Å². The monoisotopic (exact) mass is 340 g/mol. The van der Waals surface area contributed by atoms with Gasteiger partial charge in [0.2, 0.25) is 5.13 Å². The molecule has 0 aliphatic carbocycles. The van der Waals surface area contributed by atoms with E-state index in [1.54, 1.807) is 0 Å². The van der Waals surface area contributed by atoms with E-state index < -0.39 is 16.3 Å². The Bertz CT molecular complexity index is 722. The molecule has 0 saturated heterocycles. The molecule has 0 spiro atoms. The quantitative estimate of drug-likeness (QED) is 0.828. The van der Waals surface area contributed by atoms with Crippen LogP contribution in [0.2, 0.25) is 4.34 Å². The minimum Gasteiger partial charge on any atom is -0.476 e. The van der Waals surface area contributed by atoms with E-state index in [1.165, 1.54) is 17.5 Å². The Morgan fingerprint density at radius 2 is 2.11 bits per heavy atom. The van der Waals surface area contributed by atoms with Crippen molar-refractivity contribution in [1.82, 2.24) is 4.98 Å². The number of thiazole rings is 1. The molecular weight excluding hydrogens is 336 g/mol. The molecule has 2 N–H and O–H groups in total. The molecule has 0 fully saturated rings. The first kappa shape index (κ1) is 14.2. The first-order chi connectivity index (χ1) is 8.79. The van der Waals surface area contributed by atoms with Crippen LogP contribution in [0.25, 0.3) is 0 Å². The molecule has 0 amide bonds. The van der Waals surface area contributed by atoms with Crippen LogP contribution in [-0.2, 0) is 10.3 Å². The van der Waals surface area contributed by atoms with Gasteiger partial charge in [0.05, 0.1) is 4.34 Å². The number of rotatable bonds is 4. The van der Waals surface area contributed by atoms with Crippen molar-refractivity contribution < 1.29 is 22.9 Å². The molecule has 7 nitrogen and oxygen atoms in total. The van der Waals surface area contributed by atoms with Gasteiger partial charge in [0.1, 0.15) is 5.00 Å². The molecule has 2 rings (SSSR count). The predicted molar refractivity (Wildman–Crippen MR) is 72.1 cm³/mol. The molecule has 102 valence electrons. The van der Waals surface area contributed by atoms with Gasteiger partial charge < -0.3 is 5.11 Å². The van der Waals surface area contributed by atoms with E-state index in [2.05, 4.69) is 4.98 Å². The number of aromatic carboxylic acids is 1. The third-order valence-corrected chi connectivity index (χ3v) is 4.98. The maximum atomic E-state index is 11.4. The van der Waals surface area contributed by atoms with Gasteiger partial charge in [-0.1, -0.05) is 11.6 Å². The summed E-state index contributed by atoms with van der Waals surface area (Å²) in [5.41, 5.74) is -0.309. The summed E-state index contributed by atoms with van der Waals surface area (Å²) in [6.45, 7) is 0. The highest BCUT2D eigenvalue weighted by molar-refractivity contribution is 7.88. The van der Waals surface area contributed by atoms with Gasteiger partial charge in [0, 0.05) is 5.38 Å². The number of carboxylic acid groups (broad SMARTS) is 1. The minimum absolute atomic E-state index is 0.110. The highest BCUT2D eigenvalue weighted by atomic mass is 35.5. The van der Waals surface area contributed by atoms with Crippen LogP contribution >= 0.6 is 34.3 Å². The SMILES string of the molecule is O=C(O)c1csc(N(c2ccc(Cl)s2)S(=O)(=O)O)n1. The zero-order chi connectivity index (χ0) is 14.2. The number of thiophene rings is 1. The lowest BCUT2D eigenvalue weighted by atomic mass is 10.5. The summed E-state index contributed by atoms with van der Waals surface area (Å²) in [4.78, 5) is 14.4. The molecule has 0 aromatic carbocycles. The van der Waals surface area contributed by atoms with Gasteiger partial charge in [-0.05, 0) is 12.1 Å². The van der Waals surface area contributed by atoms with E-state index >= 15 is 0 Å². The molecule has 0 saturated carbocycles. The molecule has 0 bridgehead atoms. The Balaban J connectivity index is 2.52. The summed E-state index contributed by atoms with van der Waals surface area (Å²) >= 11 is 7.38. The maximum absolute atomic E-state index is 11.4. The normalized spacial score (nSPS) is 11.5. The Morgan fingerprint density at radius 1 is 1.42 bits per heavy atom. The molecule has 0 aliphatic heterocycles. The Kier molecular flexibility index (Phi) is 3.78. The van der Waals surface area contributed by atoms with E-state index in [4.69, 9.17) is 16.7 Å². The van der Waals surface area contributed by atoms with Crippen molar-refractivity contribution in [3.63, 3.8) is 0 Å². The van der Waals surface area contributed by atoms with Crippen LogP contribution in [0.3, 0.4) is 0 Å². The molecule has 2 aromatic rings. The lowest BCUT2D eigenvalue weighted by Gasteiger charge is -2.14. The molecule has 0 atom stereocenters. The third-order valence-electron chi connectivity index (χ3n) is 1.87. The van der Waals surface area contributed by atoms with E-state index in [-0.39, 0.29) is 15.8 Å². The average molecular weight is 341 g/mol. The maximum Gasteiger partial charge on any atom is 0.366 e. The first-order valence-corrected chi connectivity index (χ1v) is 7.98. The average Bonchev–Trinajstić information content (AvgIpc) is 2.86. The second-order valence-electron chi connectivity index (χ2n) is 3.14. The number of aromatic nitrogens is 1. The fourth-order valence-corrected chi connectivity index (χ4v) is 4.22. The van der Waals surface area contributed by atoms with Crippen LogP contribution in [0.4, 0.5) is 10.1 Å². The zero-order valence-electron chi connectivity index (χ0n) is 8.85. The highest BCUT2D eigenvalue weighted by Crippen LogP contribution is 2.37. The fourth-order valence-electron chi connectivity index (χ4n) is 1.18. The van der Waals surface area contributed by atoms with Gasteiger partial charge in [-0.3, -0.25) is 4.55 Å². The van der Waals surface area contributed by atoms with Crippen molar-refractivity contribution in [3.05, 3.63) is 27.5 Å². The molecular formula is C8H5ClN2O5S3. The molecule has 2 heterocycles. The molecule has 0 radical (unpaired) electrons. The Labute approximate surface area is 120 Å². The molecule has 2 aromatic heterocycles. The molecule has 11 heteroatoms. The first-order valence-electron chi connectivity index (χ1n) is 4.51. The molecule has 19 heavy (non-hydrogen) atoms. The van der Waals surface area contributed by atoms with Crippen molar-refractivity contribution in [1.29, 1.82) is 0 Å². The largest absolute Gasteiger partial charge is 0.476 e.